The Bertz CT molecular complexity index is 318. The summed E-state index contributed by atoms with van der Waals surface area (Å²) < 4.78 is 9.82. The summed E-state index contributed by atoms with van der Waals surface area (Å²) in [4.78, 5) is 6.53. The van der Waals surface area contributed by atoms with Crippen LogP contribution in [0.5, 0.6) is 0 Å². The molecule has 0 aliphatic carbocycles. The summed E-state index contributed by atoms with van der Waals surface area (Å²) in [6.07, 6.45) is 5.19. The predicted molar refractivity (Wildman–Crippen MR) is 67.1 cm³/mol. The van der Waals surface area contributed by atoms with Crippen LogP contribution in [0, 0.1) is 0 Å². The fourth-order valence-corrected chi connectivity index (χ4v) is 2.39. The van der Waals surface area contributed by atoms with E-state index in [1.165, 1.54) is 25.7 Å². The van der Waals surface area contributed by atoms with Crippen LogP contribution in [0.1, 0.15) is 25.1 Å². The molecule has 1 aliphatic rings. The minimum Gasteiger partial charge on any atom is -0.383 e. The molecular weight excluding hydrogens is 232 g/mol. The molecule has 102 valence electrons. The standard InChI is InChI=1S/C12H22N4O2/c1-17-7-5-13-8-11-4-2-3-6-16(11)9-12-14-10-18-15-12/h10-11,13H,2-9H2,1H3. The first-order valence-electron chi connectivity index (χ1n) is 6.59. The molecule has 1 fully saturated rings. The van der Waals surface area contributed by atoms with E-state index in [4.69, 9.17) is 9.26 Å². The maximum absolute atomic E-state index is 5.03. The van der Waals surface area contributed by atoms with Gasteiger partial charge in [-0.05, 0) is 19.4 Å². The molecule has 1 N–H and O–H groups in total. The van der Waals surface area contributed by atoms with Gasteiger partial charge in [-0.3, -0.25) is 4.90 Å². The van der Waals surface area contributed by atoms with Crippen molar-refractivity contribution in [1.29, 1.82) is 0 Å². The van der Waals surface area contributed by atoms with Gasteiger partial charge < -0.3 is 14.6 Å². The third-order valence-corrected chi connectivity index (χ3v) is 3.36. The number of hydrogen-bond donors (Lipinski definition) is 1. The van der Waals surface area contributed by atoms with Gasteiger partial charge in [0.05, 0.1) is 13.2 Å². The van der Waals surface area contributed by atoms with Gasteiger partial charge in [0, 0.05) is 26.2 Å². The van der Waals surface area contributed by atoms with Crippen LogP contribution >= 0.6 is 0 Å². The first-order chi connectivity index (χ1) is 8.90. The van der Waals surface area contributed by atoms with E-state index in [1.807, 2.05) is 0 Å². The third kappa shape index (κ3) is 4.04. The Kier molecular flexibility index (Phi) is 5.57. The van der Waals surface area contributed by atoms with Crippen LogP contribution in [0.3, 0.4) is 0 Å². The summed E-state index contributed by atoms with van der Waals surface area (Å²) in [5.41, 5.74) is 0. The van der Waals surface area contributed by atoms with Crippen molar-refractivity contribution in [2.75, 3.05) is 33.4 Å². The molecule has 0 aromatic carbocycles. The summed E-state index contributed by atoms with van der Waals surface area (Å²) in [5, 5.41) is 7.32. The van der Waals surface area contributed by atoms with Crippen LogP contribution in [0.25, 0.3) is 0 Å². The highest BCUT2D eigenvalue weighted by Crippen LogP contribution is 2.18. The van der Waals surface area contributed by atoms with Crippen molar-refractivity contribution < 1.29 is 9.26 Å². The Morgan fingerprint density at radius 3 is 3.28 bits per heavy atom. The van der Waals surface area contributed by atoms with Crippen LogP contribution in [0.15, 0.2) is 10.9 Å². The average Bonchev–Trinajstić information content (AvgIpc) is 2.89. The minimum absolute atomic E-state index is 0.564. The fourth-order valence-electron chi connectivity index (χ4n) is 2.39. The average molecular weight is 254 g/mol. The highest BCUT2D eigenvalue weighted by Gasteiger charge is 2.23. The molecule has 1 saturated heterocycles. The number of ether oxygens (including phenoxy) is 1. The summed E-state index contributed by atoms with van der Waals surface area (Å²) in [5.74, 6) is 0.777. The monoisotopic (exact) mass is 254 g/mol. The number of nitrogens with one attached hydrogen (secondary N) is 1. The molecule has 2 heterocycles. The van der Waals surface area contributed by atoms with Crippen molar-refractivity contribution in [3.63, 3.8) is 0 Å². The Morgan fingerprint density at radius 1 is 1.56 bits per heavy atom. The second-order valence-electron chi connectivity index (χ2n) is 4.66. The zero-order chi connectivity index (χ0) is 12.6. The predicted octanol–water partition coefficient (Wildman–Crippen LogP) is 0.660. The molecule has 1 atom stereocenters. The molecule has 6 heteroatoms. The van der Waals surface area contributed by atoms with Crippen molar-refractivity contribution in [3.8, 4) is 0 Å². The van der Waals surface area contributed by atoms with Gasteiger partial charge in [-0.25, -0.2) is 0 Å². The Morgan fingerprint density at radius 2 is 2.50 bits per heavy atom. The molecular formula is C12H22N4O2. The molecule has 0 saturated carbocycles. The maximum atomic E-state index is 5.03. The molecule has 0 radical (unpaired) electrons. The van der Waals surface area contributed by atoms with E-state index in [1.54, 1.807) is 7.11 Å². The van der Waals surface area contributed by atoms with E-state index in [9.17, 15) is 0 Å². The largest absolute Gasteiger partial charge is 0.383 e. The summed E-state index contributed by atoms with van der Waals surface area (Å²) in [6, 6.07) is 0.564. The molecule has 1 unspecified atom stereocenters. The lowest BCUT2D eigenvalue weighted by Crippen LogP contribution is -2.45. The number of methoxy groups -OCH3 is 1. The molecule has 1 aromatic heterocycles. The zero-order valence-corrected chi connectivity index (χ0v) is 11.0. The number of nitrogens with zero attached hydrogens (tertiary/aromatic N) is 3. The third-order valence-electron chi connectivity index (χ3n) is 3.36. The summed E-state index contributed by atoms with van der Waals surface area (Å²) in [6.45, 7) is 4.57. The highest BCUT2D eigenvalue weighted by molar-refractivity contribution is 4.85. The normalized spacial score (nSPS) is 21.3. The lowest BCUT2D eigenvalue weighted by molar-refractivity contribution is 0.129. The van der Waals surface area contributed by atoms with Gasteiger partial charge in [0.25, 0.3) is 0 Å². The first-order valence-corrected chi connectivity index (χ1v) is 6.59. The molecule has 1 aliphatic heterocycles. The van der Waals surface area contributed by atoms with Crippen molar-refractivity contribution in [2.45, 2.75) is 31.8 Å². The van der Waals surface area contributed by atoms with Crippen molar-refractivity contribution >= 4 is 0 Å². The van der Waals surface area contributed by atoms with Gasteiger partial charge in [-0.2, -0.15) is 4.98 Å². The van der Waals surface area contributed by atoms with Crippen molar-refractivity contribution in [3.05, 3.63) is 12.2 Å². The number of hydrogen-bond acceptors (Lipinski definition) is 6. The van der Waals surface area contributed by atoms with Gasteiger partial charge in [0.15, 0.2) is 5.82 Å². The lowest BCUT2D eigenvalue weighted by Gasteiger charge is -2.35. The van der Waals surface area contributed by atoms with E-state index in [0.29, 0.717) is 6.04 Å². The zero-order valence-electron chi connectivity index (χ0n) is 11.0. The van der Waals surface area contributed by atoms with Gasteiger partial charge in [-0.15, -0.1) is 0 Å². The molecule has 18 heavy (non-hydrogen) atoms. The summed E-state index contributed by atoms with van der Waals surface area (Å²) in [7, 11) is 1.73. The summed E-state index contributed by atoms with van der Waals surface area (Å²) >= 11 is 0. The lowest BCUT2D eigenvalue weighted by atomic mass is 10.0. The number of rotatable bonds is 7. The molecule has 1 aromatic rings. The van der Waals surface area contributed by atoms with Gasteiger partial charge in [-0.1, -0.05) is 11.6 Å². The highest BCUT2D eigenvalue weighted by atomic mass is 16.5. The van der Waals surface area contributed by atoms with E-state index >= 15 is 0 Å². The van der Waals surface area contributed by atoms with Crippen LogP contribution in [0.2, 0.25) is 0 Å². The molecule has 0 spiro atoms. The molecule has 0 bridgehead atoms. The minimum atomic E-state index is 0.564. The van der Waals surface area contributed by atoms with E-state index in [2.05, 4.69) is 20.4 Å². The van der Waals surface area contributed by atoms with Crippen LogP contribution < -0.4 is 5.32 Å². The molecule has 0 amide bonds. The number of aromatic nitrogens is 2. The number of piperidine rings is 1. The molecule has 6 nitrogen and oxygen atoms in total. The Balaban J connectivity index is 1.78. The van der Waals surface area contributed by atoms with Gasteiger partial charge >= 0.3 is 0 Å². The number of likely N-dealkylation sites (tertiary alicyclic amines) is 1. The fraction of sp³-hybridized carbons (Fsp3) is 0.833. The van der Waals surface area contributed by atoms with E-state index in [-0.39, 0.29) is 0 Å². The van der Waals surface area contributed by atoms with Crippen LogP contribution in [0.4, 0.5) is 0 Å². The topological polar surface area (TPSA) is 63.4 Å². The van der Waals surface area contributed by atoms with Gasteiger partial charge in [0.1, 0.15) is 0 Å². The Labute approximate surface area is 108 Å². The first kappa shape index (κ1) is 13.5. The van der Waals surface area contributed by atoms with Crippen LogP contribution in [-0.2, 0) is 11.3 Å². The van der Waals surface area contributed by atoms with Crippen molar-refractivity contribution in [1.82, 2.24) is 20.4 Å². The second kappa shape index (κ2) is 7.45. The van der Waals surface area contributed by atoms with E-state index < -0.39 is 0 Å². The smallest absolute Gasteiger partial charge is 0.213 e. The SMILES string of the molecule is COCCNCC1CCCCN1Cc1ncon1. The molecule has 2 rings (SSSR count). The van der Waals surface area contributed by atoms with Crippen LogP contribution in [-0.4, -0.2) is 54.4 Å². The second-order valence-corrected chi connectivity index (χ2v) is 4.66. The Hall–Kier alpha value is -0.980. The quantitative estimate of drug-likeness (QED) is 0.721. The van der Waals surface area contributed by atoms with Gasteiger partial charge in [0.2, 0.25) is 6.39 Å². The maximum Gasteiger partial charge on any atom is 0.213 e. The van der Waals surface area contributed by atoms with E-state index in [0.717, 1.165) is 38.6 Å². The van der Waals surface area contributed by atoms with Crippen molar-refractivity contribution in [2.24, 2.45) is 0 Å².